The molecule has 1 amide bonds. The number of aromatic nitrogens is 2. The van der Waals surface area contributed by atoms with Crippen molar-refractivity contribution in [3.05, 3.63) is 66.1 Å². The Balaban J connectivity index is 1.90. The molecule has 0 aliphatic rings. The zero-order valence-corrected chi connectivity index (χ0v) is 12.5. The highest BCUT2D eigenvalue weighted by atomic mass is 19.1. The number of nitrogens with two attached hydrogens (primary N) is 1. The lowest BCUT2D eigenvalue weighted by Crippen LogP contribution is -2.12. The molecule has 0 aliphatic carbocycles. The van der Waals surface area contributed by atoms with E-state index in [2.05, 4.69) is 10.4 Å². The summed E-state index contributed by atoms with van der Waals surface area (Å²) in [5, 5.41) is 6.86. The molecule has 2 aromatic carbocycles. The summed E-state index contributed by atoms with van der Waals surface area (Å²) in [5.74, 6) is -0.837. The van der Waals surface area contributed by atoms with Crippen molar-refractivity contribution in [2.24, 2.45) is 7.05 Å². The molecule has 116 valence electrons. The van der Waals surface area contributed by atoms with Crippen molar-refractivity contribution in [1.82, 2.24) is 9.78 Å². The molecular weight excluding hydrogens is 295 g/mol. The van der Waals surface area contributed by atoms with E-state index >= 15 is 0 Å². The molecule has 23 heavy (non-hydrogen) atoms. The number of hydrogen-bond donors (Lipinski definition) is 2. The minimum atomic E-state index is -0.453. The third-order valence-corrected chi connectivity index (χ3v) is 3.49. The number of nitrogens with zero attached hydrogens (tertiary/aromatic N) is 2. The molecule has 5 nitrogen and oxygen atoms in total. The maximum Gasteiger partial charge on any atom is 0.255 e. The van der Waals surface area contributed by atoms with Crippen molar-refractivity contribution in [2.45, 2.75) is 0 Å². The average Bonchev–Trinajstić information content (AvgIpc) is 2.95. The topological polar surface area (TPSA) is 72.9 Å². The van der Waals surface area contributed by atoms with Crippen LogP contribution in [0.5, 0.6) is 0 Å². The molecule has 0 fully saturated rings. The van der Waals surface area contributed by atoms with E-state index < -0.39 is 5.82 Å². The van der Waals surface area contributed by atoms with Crippen molar-refractivity contribution in [2.75, 3.05) is 11.1 Å². The fourth-order valence-corrected chi connectivity index (χ4v) is 2.33. The Bertz CT molecular complexity index is 873. The highest BCUT2D eigenvalue weighted by Gasteiger charge is 2.11. The number of rotatable bonds is 3. The number of amides is 1. The van der Waals surface area contributed by atoms with Crippen LogP contribution in [0.15, 0.2) is 54.7 Å². The van der Waals surface area contributed by atoms with E-state index in [1.807, 2.05) is 13.1 Å². The second-order valence-corrected chi connectivity index (χ2v) is 5.11. The molecule has 0 saturated heterocycles. The van der Waals surface area contributed by atoms with Crippen LogP contribution >= 0.6 is 0 Å². The largest absolute Gasteiger partial charge is 0.398 e. The summed E-state index contributed by atoms with van der Waals surface area (Å²) < 4.78 is 14.9. The molecule has 0 saturated carbocycles. The summed E-state index contributed by atoms with van der Waals surface area (Å²) in [6.45, 7) is 0. The number of aryl methyl sites for hydroxylation is 1. The van der Waals surface area contributed by atoms with Crippen LogP contribution in [-0.2, 0) is 7.05 Å². The molecule has 1 aromatic heterocycles. The maximum atomic E-state index is 13.2. The summed E-state index contributed by atoms with van der Waals surface area (Å²) in [5.41, 5.74) is 9.02. The Hall–Kier alpha value is -3.15. The number of benzene rings is 2. The smallest absolute Gasteiger partial charge is 0.255 e. The van der Waals surface area contributed by atoms with Crippen molar-refractivity contribution in [3.8, 4) is 11.3 Å². The quantitative estimate of drug-likeness (QED) is 0.730. The normalized spacial score (nSPS) is 10.5. The molecule has 6 heteroatoms. The van der Waals surface area contributed by atoms with Crippen molar-refractivity contribution in [3.63, 3.8) is 0 Å². The van der Waals surface area contributed by atoms with Gasteiger partial charge in [-0.05, 0) is 42.5 Å². The summed E-state index contributed by atoms with van der Waals surface area (Å²) in [6, 6.07) is 12.5. The Morgan fingerprint density at radius 3 is 2.74 bits per heavy atom. The second kappa shape index (κ2) is 5.92. The highest BCUT2D eigenvalue weighted by molar-refractivity contribution is 6.04. The first-order valence-electron chi connectivity index (χ1n) is 6.99. The SMILES string of the molecule is Cn1nccc1-c1cc(NC(=O)c2cccc(F)c2)ccc1N. The van der Waals surface area contributed by atoms with Crippen LogP contribution in [0.4, 0.5) is 15.8 Å². The molecule has 0 radical (unpaired) electrons. The second-order valence-electron chi connectivity index (χ2n) is 5.11. The average molecular weight is 310 g/mol. The van der Waals surface area contributed by atoms with Gasteiger partial charge in [-0.15, -0.1) is 0 Å². The molecule has 3 aromatic rings. The lowest BCUT2D eigenvalue weighted by Gasteiger charge is -2.10. The number of nitrogen functional groups attached to an aromatic ring is 1. The molecule has 0 aliphatic heterocycles. The van der Waals surface area contributed by atoms with Crippen molar-refractivity contribution >= 4 is 17.3 Å². The Labute approximate surface area is 132 Å². The van der Waals surface area contributed by atoms with Gasteiger partial charge in [0.15, 0.2) is 0 Å². The van der Waals surface area contributed by atoms with Crippen LogP contribution in [0, 0.1) is 5.82 Å². The lowest BCUT2D eigenvalue weighted by molar-refractivity contribution is 0.102. The van der Waals surface area contributed by atoms with Crippen LogP contribution in [0.3, 0.4) is 0 Å². The van der Waals surface area contributed by atoms with Crippen LogP contribution < -0.4 is 11.1 Å². The van der Waals surface area contributed by atoms with Gasteiger partial charge < -0.3 is 11.1 Å². The number of nitrogens with one attached hydrogen (secondary N) is 1. The molecule has 0 unspecified atom stereocenters. The van der Waals surface area contributed by atoms with Gasteiger partial charge in [0, 0.05) is 35.7 Å². The molecule has 1 heterocycles. The van der Waals surface area contributed by atoms with E-state index in [-0.39, 0.29) is 11.5 Å². The van der Waals surface area contributed by atoms with Crippen molar-refractivity contribution < 1.29 is 9.18 Å². The molecule has 0 spiro atoms. The highest BCUT2D eigenvalue weighted by Crippen LogP contribution is 2.28. The van der Waals surface area contributed by atoms with E-state index in [4.69, 9.17) is 5.73 Å². The predicted octanol–water partition coefficient (Wildman–Crippen LogP) is 3.06. The number of carbonyl (C=O) groups is 1. The molecule has 0 atom stereocenters. The lowest BCUT2D eigenvalue weighted by atomic mass is 10.1. The minimum absolute atomic E-state index is 0.254. The van der Waals surface area contributed by atoms with Gasteiger partial charge in [0.1, 0.15) is 5.82 Å². The van der Waals surface area contributed by atoms with Crippen LogP contribution in [0.1, 0.15) is 10.4 Å². The monoisotopic (exact) mass is 310 g/mol. The van der Waals surface area contributed by atoms with Gasteiger partial charge in [-0.2, -0.15) is 5.10 Å². The molecular formula is C17H15FN4O. The number of carbonyl (C=O) groups excluding carboxylic acids is 1. The van der Waals surface area contributed by atoms with Crippen molar-refractivity contribution in [1.29, 1.82) is 0 Å². The molecule has 3 rings (SSSR count). The zero-order valence-electron chi connectivity index (χ0n) is 12.5. The number of anilines is 2. The van der Waals surface area contributed by atoms with E-state index in [1.54, 1.807) is 35.1 Å². The number of halogens is 1. The third-order valence-electron chi connectivity index (χ3n) is 3.49. The fourth-order valence-electron chi connectivity index (χ4n) is 2.33. The summed E-state index contributed by atoms with van der Waals surface area (Å²) in [7, 11) is 1.81. The fraction of sp³-hybridized carbons (Fsp3) is 0.0588. The first-order valence-corrected chi connectivity index (χ1v) is 6.99. The van der Waals surface area contributed by atoms with E-state index in [0.29, 0.717) is 11.4 Å². The van der Waals surface area contributed by atoms with Gasteiger partial charge in [0.05, 0.1) is 5.69 Å². The number of hydrogen-bond acceptors (Lipinski definition) is 3. The minimum Gasteiger partial charge on any atom is -0.398 e. The summed E-state index contributed by atoms with van der Waals surface area (Å²) >= 11 is 0. The first kappa shape index (κ1) is 14.8. The van der Waals surface area contributed by atoms with Crippen LogP contribution in [0.25, 0.3) is 11.3 Å². The zero-order chi connectivity index (χ0) is 16.4. The van der Waals surface area contributed by atoms with Gasteiger partial charge in [0.25, 0.3) is 5.91 Å². The van der Waals surface area contributed by atoms with E-state index in [0.717, 1.165) is 11.3 Å². The maximum absolute atomic E-state index is 13.2. The predicted molar refractivity (Wildman–Crippen MR) is 87.4 cm³/mol. The molecule has 0 bridgehead atoms. The van der Waals surface area contributed by atoms with Gasteiger partial charge in [-0.1, -0.05) is 6.07 Å². The first-order chi connectivity index (χ1) is 11.0. The Morgan fingerprint density at radius 2 is 2.04 bits per heavy atom. The molecule has 3 N–H and O–H groups in total. The Morgan fingerprint density at radius 1 is 1.22 bits per heavy atom. The van der Waals surface area contributed by atoms with Gasteiger partial charge in [-0.25, -0.2) is 4.39 Å². The standard InChI is InChI=1S/C17H15FN4O/c1-22-16(7-8-20-22)14-10-13(5-6-15(14)19)21-17(23)11-3-2-4-12(18)9-11/h2-10H,19H2,1H3,(H,21,23). The summed E-state index contributed by atoms with van der Waals surface area (Å²) in [4.78, 5) is 12.2. The van der Waals surface area contributed by atoms with Crippen LogP contribution in [-0.4, -0.2) is 15.7 Å². The van der Waals surface area contributed by atoms with Gasteiger partial charge in [0.2, 0.25) is 0 Å². The summed E-state index contributed by atoms with van der Waals surface area (Å²) in [6.07, 6.45) is 1.67. The Kier molecular flexibility index (Phi) is 3.80. The van der Waals surface area contributed by atoms with Gasteiger partial charge >= 0.3 is 0 Å². The van der Waals surface area contributed by atoms with Gasteiger partial charge in [-0.3, -0.25) is 9.48 Å². The van der Waals surface area contributed by atoms with Crippen LogP contribution in [0.2, 0.25) is 0 Å². The van der Waals surface area contributed by atoms with E-state index in [1.165, 1.54) is 18.2 Å². The third kappa shape index (κ3) is 3.06. The van der Waals surface area contributed by atoms with E-state index in [9.17, 15) is 9.18 Å².